The summed E-state index contributed by atoms with van der Waals surface area (Å²) in [5.41, 5.74) is 1.56. The van der Waals surface area contributed by atoms with Gasteiger partial charge in [0, 0.05) is 44.7 Å². The topological polar surface area (TPSA) is 99.4 Å². The maximum Gasteiger partial charge on any atom is 0.225 e. The van der Waals surface area contributed by atoms with Gasteiger partial charge in [-0.15, -0.1) is 0 Å². The van der Waals surface area contributed by atoms with Gasteiger partial charge in [0.2, 0.25) is 11.9 Å². The van der Waals surface area contributed by atoms with E-state index in [1.165, 1.54) is 0 Å². The Hall–Kier alpha value is -2.42. The molecule has 2 aliphatic heterocycles. The zero-order valence-corrected chi connectivity index (χ0v) is 16.2. The molecular formula is C19H27N7O2. The van der Waals surface area contributed by atoms with E-state index in [0.29, 0.717) is 12.5 Å². The molecule has 2 aromatic rings. The molecule has 2 N–H and O–H groups in total. The SMILES string of the molecule is CCn1c(N2CC[C@@H](O)C2)nc2c(N[C@H]3CCN(C(=O)C4CC4)C3)ncnc21. The van der Waals surface area contributed by atoms with Crippen molar-refractivity contribution in [1.29, 1.82) is 0 Å². The fraction of sp³-hybridized carbons (Fsp3) is 0.684. The number of likely N-dealkylation sites (tertiary alicyclic amines) is 1. The molecule has 9 nitrogen and oxygen atoms in total. The molecule has 3 aliphatic rings. The number of fused-ring (bicyclic) bond motifs is 1. The highest BCUT2D eigenvalue weighted by Gasteiger charge is 2.37. The van der Waals surface area contributed by atoms with Crippen molar-refractivity contribution in [3.63, 3.8) is 0 Å². The van der Waals surface area contributed by atoms with Crippen molar-refractivity contribution < 1.29 is 9.90 Å². The molecule has 5 rings (SSSR count). The van der Waals surface area contributed by atoms with Crippen LogP contribution in [0.5, 0.6) is 0 Å². The first-order chi connectivity index (χ1) is 13.6. The third kappa shape index (κ3) is 3.07. The predicted molar refractivity (Wildman–Crippen MR) is 105 cm³/mol. The molecule has 28 heavy (non-hydrogen) atoms. The molecule has 2 aromatic heterocycles. The molecule has 9 heteroatoms. The van der Waals surface area contributed by atoms with Gasteiger partial charge < -0.3 is 20.2 Å². The van der Waals surface area contributed by atoms with E-state index in [2.05, 4.69) is 31.7 Å². The Morgan fingerprint density at radius 1 is 1.21 bits per heavy atom. The van der Waals surface area contributed by atoms with Crippen LogP contribution in [-0.4, -0.2) is 73.8 Å². The highest BCUT2D eigenvalue weighted by Crippen LogP contribution is 2.33. The number of hydrogen-bond donors (Lipinski definition) is 2. The Balaban J connectivity index is 1.39. The number of β-amino-alcohol motifs (C(OH)–C–C–N with tert-alkyl or cyclic N) is 1. The zero-order chi connectivity index (χ0) is 19.3. The van der Waals surface area contributed by atoms with Crippen molar-refractivity contribution >= 4 is 28.8 Å². The Morgan fingerprint density at radius 3 is 2.79 bits per heavy atom. The van der Waals surface area contributed by atoms with E-state index >= 15 is 0 Å². The number of carbonyl (C=O) groups excluding carboxylic acids is 1. The van der Waals surface area contributed by atoms with Crippen LogP contribution in [-0.2, 0) is 11.3 Å². The Morgan fingerprint density at radius 2 is 2.07 bits per heavy atom. The van der Waals surface area contributed by atoms with E-state index in [1.807, 2.05) is 4.90 Å². The second kappa shape index (κ2) is 6.88. The largest absolute Gasteiger partial charge is 0.391 e. The van der Waals surface area contributed by atoms with Gasteiger partial charge in [0.15, 0.2) is 17.0 Å². The van der Waals surface area contributed by atoms with Gasteiger partial charge in [0.05, 0.1) is 6.10 Å². The Labute approximate surface area is 163 Å². The van der Waals surface area contributed by atoms with Crippen LogP contribution in [0.1, 0.15) is 32.6 Å². The molecule has 3 fully saturated rings. The van der Waals surface area contributed by atoms with Crippen LogP contribution < -0.4 is 10.2 Å². The average Bonchev–Trinajstić information content (AvgIpc) is 3.10. The van der Waals surface area contributed by atoms with Gasteiger partial charge in [0.25, 0.3) is 0 Å². The minimum atomic E-state index is -0.303. The molecular weight excluding hydrogens is 358 g/mol. The first-order valence-corrected chi connectivity index (χ1v) is 10.3. The molecule has 2 saturated heterocycles. The minimum absolute atomic E-state index is 0.185. The molecule has 4 heterocycles. The van der Waals surface area contributed by atoms with E-state index in [0.717, 1.165) is 74.8 Å². The van der Waals surface area contributed by atoms with Crippen LogP contribution in [0.3, 0.4) is 0 Å². The Kier molecular flexibility index (Phi) is 4.34. The van der Waals surface area contributed by atoms with Crippen LogP contribution in [0.4, 0.5) is 11.8 Å². The van der Waals surface area contributed by atoms with E-state index in [-0.39, 0.29) is 18.1 Å². The number of aryl methyl sites for hydroxylation is 1. The average molecular weight is 385 g/mol. The third-order valence-electron chi connectivity index (χ3n) is 6.04. The number of aliphatic hydroxyl groups is 1. The standard InChI is InChI=1S/C19H27N7O2/c1-2-26-17-15(23-19(26)25-8-6-14(27)10-25)16(20-11-21-17)22-13-5-7-24(9-13)18(28)12-3-4-12/h11-14,27H,2-10H2,1H3,(H,20,21,22)/t13-,14+/m0/s1. The van der Waals surface area contributed by atoms with E-state index < -0.39 is 0 Å². The molecule has 0 aromatic carbocycles. The number of imidazole rings is 1. The van der Waals surface area contributed by atoms with Crippen molar-refractivity contribution in [1.82, 2.24) is 24.4 Å². The van der Waals surface area contributed by atoms with Crippen molar-refractivity contribution in [2.24, 2.45) is 5.92 Å². The number of aliphatic hydroxyl groups excluding tert-OH is 1. The summed E-state index contributed by atoms with van der Waals surface area (Å²) in [6.07, 6.45) is 5.04. The second-order valence-electron chi connectivity index (χ2n) is 8.13. The Bertz CT molecular complexity index is 894. The normalized spacial score (nSPS) is 25.1. The summed E-state index contributed by atoms with van der Waals surface area (Å²) in [6, 6.07) is 0.185. The number of carbonyl (C=O) groups is 1. The van der Waals surface area contributed by atoms with Gasteiger partial charge in [0.1, 0.15) is 6.33 Å². The summed E-state index contributed by atoms with van der Waals surface area (Å²) in [5.74, 6) is 2.14. The summed E-state index contributed by atoms with van der Waals surface area (Å²) in [6.45, 7) is 5.75. The highest BCUT2D eigenvalue weighted by atomic mass is 16.3. The number of aromatic nitrogens is 4. The maximum absolute atomic E-state index is 12.3. The molecule has 1 saturated carbocycles. The quantitative estimate of drug-likeness (QED) is 0.787. The van der Waals surface area contributed by atoms with Gasteiger partial charge in [-0.25, -0.2) is 15.0 Å². The van der Waals surface area contributed by atoms with Crippen molar-refractivity contribution in [3.8, 4) is 0 Å². The van der Waals surface area contributed by atoms with Gasteiger partial charge in [-0.2, -0.15) is 0 Å². The van der Waals surface area contributed by atoms with Crippen LogP contribution in [0, 0.1) is 5.92 Å². The van der Waals surface area contributed by atoms with Gasteiger partial charge in [-0.05, 0) is 32.6 Å². The molecule has 0 spiro atoms. The molecule has 1 aliphatic carbocycles. The molecule has 1 amide bonds. The highest BCUT2D eigenvalue weighted by molar-refractivity contribution is 5.86. The number of anilines is 2. The summed E-state index contributed by atoms with van der Waals surface area (Å²) >= 11 is 0. The number of rotatable bonds is 5. The first kappa shape index (κ1) is 17.7. The molecule has 0 bridgehead atoms. The molecule has 2 atom stereocenters. The van der Waals surface area contributed by atoms with Crippen molar-refractivity contribution in [2.75, 3.05) is 36.4 Å². The van der Waals surface area contributed by atoms with Gasteiger partial charge >= 0.3 is 0 Å². The molecule has 0 radical (unpaired) electrons. The monoisotopic (exact) mass is 385 g/mol. The lowest BCUT2D eigenvalue weighted by atomic mass is 10.2. The lowest BCUT2D eigenvalue weighted by Crippen LogP contribution is -2.32. The van der Waals surface area contributed by atoms with Gasteiger partial charge in [-0.1, -0.05) is 0 Å². The van der Waals surface area contributed by atoms with Crippen LogP contribution in [0.25, 0.3) is 11.2 Å². The maximum atomic E-state index is 12.3. The second-order valence-corrected chi connectivity index (χ2v) is 8.13. The number of nitrogens with zero attached hydrogens (tertiary/aromatic N) is 6. The van der Waals surface area contributed by atoms with Crippen molar-refractivity contribution in [3.05, 3.63) is 6.33 Å². The molecule has 0 unspecified atom stereocenters. The smallest absolute Gasteiger partial charge is 0.225 e. The first-order valence-electron chi connectivity index (χ1n) is 10.3. The third-order valence-corrected chi connectivity index (χ3v) is 6.04. The van der Waals surface area contributed by atoms with Crippen LogP contribution in [0.2, 0.25) is 0 Å². The van der Waals surface area contributed by atoms with Gasteiger partial charge in [-0.3, -0.25) is 9.36 Å². The van der Waals surface area contributed by atoms with E-state index in [9.17, 15) is 9.90 Å². The summed E-state index contributed by atoms with van der Waals surface area (Å²) < 4.78 is 2.08. The fourth-order valence-electron chi connectivity index (χ4n) is 4.35. The van der Waals surface area contributed by atoms with Crippen molar-refractivity contribution in [2.45, 2.75) is 51.3 Å². The predicted octanol–water partition coefficient (Wildman–Crippen LogP) is 0.840. The number of hydrogen-bond acceptors (Lipinski definition) is 7. The van der Waals surface area contributed by atoms with E-state index in [1.54, 1.807) is 6.33 Å². The fourth-order valence-corrected chi connectivity index (χ4v) is 4.35. The summed E-state index contributed by atoms with van der Waals surface area (Å²) in [4.78, 5) is 30.2. The molecule has 150 valence electrons. The van der Waals surface area contributed by atoms with Crippen LogP contribution in [0.15, 0.2) is 6.33 Å². The summed E-state index contributed by atoms with van der Waals surface area (Å²) in [7, 11) is 0. The minimum Gasteiger partial charge on any atom is -0.391 e. The lowest BCUT2D eigenvalue weighted by molar-refractivity contribution is -0.131. The zero-order valence-electron chi connectivity index (χ0n) is 16.2. The number of nitrogens with one attached hydrogen (secondary N) is 1. The van der Waals surface area contributed by atoms with E-state index in [4.69, 9.17) is 4.98 Å². The van der Waals surface area contributed by atoms with Crippen LogP contribution >= 0.6 is 0 Å². The summed E-state index contributed by atoms with van der Waals surface area (Å²) in [5, 5.41) is 13.4. The number of amides is 1. The lowest BCUT2D eigenvalue weighted by Gasteiger charge is -2.17.